The first-order valence-electron chi connectivity index (χ1n) is 1.73. The van der Waals surface area contributed by atoms with Crippen LogP contribution in [0.25, 0.3) is 0 Å². The quantitative estimate of drug-likeness (QED) is 0.510. The van der Waals surface area contributed by atoms with Crippen LogP contribution in [-0.2, 0) is 9.09 Å². The van der Waals surface area contributed by atoms with Gasteiger partial charge in [0.1, 0.15) is 0 Å². The maximum Gasteiger partial charge on any atom is 0.0596 e. The van der Waals surface area contributed by atoms with E-state index in [9.17, 15) is 14.4 Å². The minimum atomic E-state index is -4.67. The van der Waals surface area contributed by atoms with E-state index >= 15 is 0 Å². The Bertz CT molecular complexity index is 88.0. The molecule has 0 amide bonds. The van der Waals surface area contributed by atoms with Crippen LogP contribution in [0, 0.1) is 0 Å². The van der Waals surface area contributed by atoms with Gasteiger partial charge in [0.25, 0.3) is 0 Å². The van der Waals surface area contributed by atoms with Crippen molar-refractivity contribution in [1.29, 1.82) is 0 Å². The molecule has 52 valence electrons. The molecule has 0 aliphatic rings. The zero-order valence-electron chi connectivity index (χ0n) is 4.79. The summed E-state index contributed by atoms with van der Waals surface area (Å²) in [7, 11) is -4.67. The van der Waals surface area contributed by atoms with E-state index in [0.717, 1.165) is 0 Å². The second kappa shape index (κ2) is 4.00. The van der Waals surface area contributed by atoms with Crippen molar-refractivity contribution < 1.29 is 18.9 Å². The topological polar surface area (TPSA) is 109 Å². The van der Waals surface area contributed by atoms with Gasteiger partial charge in [-0.1, -0.05) is 0 Å². The second-order valence-corrected chi connectivity index (χ2v) is 2.02. The highest BCUT2D eigenvalue weighted by atomic mass is 31.2. The first-order valence-corrected chi connectivity index (χ1v) is 3.19. The van der Waals surface area contributed by atoms with E-state index in [1.165, 1.54) is 6.92 Å². The van der Waals surface area contributed by atoms with Crippen molar-refractivity contribution in [3.05, 3.63) is 0 Å². The largest absolute Gasteiger partial charge is 0.790 e. The van der Waals surface area contributed by atoms with Gasteiger partial charge in [0.05, 0.1) is 7.82 Å². The summed E-state index contributed by atoms with van der Waals surface area (Å²) in [4.78, 5) is 19.0. The van der Waals surface area contributed by atoms with Gasteiger partial charge in [-0.3, -0.25) is 0 Å². The number of phosphoric acid groups is 1. The molecule has 0 aromatic heterocycles. The van der Waals surface area contributed by atoms with Crippen LogP contribution >= 0.6 is 7.82 Å². The van der Waals surface area contributed by atoms with Gasteiger partial charge in [-0.05, 0) is 6.92 Å². The Morgan fingerprint density at radius 2 is 2.00 bits per heavy atom. The van der Waals surface area contributed by atoms with Crippen LogP contribution < -0.4 is 15.9 Å². The van der Waals surface area contributed by atoms with Crippen LogP contribution in [0.4, 0.5) is 0 Å². The molecule has 0 spiro atoms. The number of phosphoric ester groups is 1. The Kier molecular flexibility index (Phi) is 5.47. The molecule has 6 heteroatoms. The predicted molar refractivity (Wildman–Crippen MR) is 25.2 cm³/mol. The summed E-state index contributed by atoms with van der Waals surface area (Å²) < 4.78 is 13.2. The van der Waals surface area contributed by atoms with Gasteiger partial charge >= 0.3 is 0 Å². The van der Waals surface area contributed by atoms with E-state index < -0.39 is 7.82 Å². The van der Waals surface area contributed by atoms with Crippen LogP contribution in [0.2, 0.25) is 0 Å². The molecule has 0 aliphatic heterocycles. The minimum Gasteiger partial charge on any atom is -0.790 e. The third kappa shape index (κ3) is 9.42. The van der Waals surface area contributed by atoms with E-state index in [4.69, 9.17) is 0 Å². The highest BCUT2D eigenvalue weighted by Gasteiger charge is 1.81. The maximum atomic E-state index is 9.48. The molecule has 0 radical (unpaired) electrons. The van der Waals surface area contributed by atoms with Gasteiger partial charge in [-0.25, -0.2) is 0 Å². The van der Waals surface area contributed by atoms with Crippen molar-refractivity contribution in [3.63, 3.8) is 0 Å². The van der Waals surface area contributed by atoms with Gasteiger partial charge < -0.3 is 25.0 Å². The molecule has 8 heavy (non-hydrogen) atoms. The smallest absolute Gasteiger partial charge is 0.0596 e. The summed E-state index contributed by atoms with van der Waals surface area (Å²) >= 11 is 0. The lowest BCUT2D eigenvalue weighted by Crippen LogP contribution is -2.15. The molecule has 0 saturated heterocycles. The Balaban J connectivity index is 0. The van der Waals surface area contributed by atoms with Gasteiger partial charge in [0.15, 0.2) is 0 Å². The Labute approximate surface area is 47.5 Å². The predicted octanol–water partition coefficient (Wildman–Crippen LogP) is -0.772. The molecule has 0 bridgehead atoms. The van der Waals surface area contributed by atoms with Crippen molar-refractivity contribution in [2.75, 3.05) is 6.61 Å². The molecule has 0 fully saturated rings. The number of rotatable bonds is 2. The number of hydrogen-bond acceptors (Lipinski definition) is 4. The Morgan fingerprint density at radius 3 is 2.00 bits per heavy atom. The van der Waals surface area contributed by atoms with Crippen LogP contribution in [0.3, 0.4) is 0 Å². The van der Waals surface area contributed by atoms with Crippen LogP contribution in [-0.4, -0.2) is 6.61 Å². The molecule has 0 aromatic rings. The van der Waals surface area contributed by atoms with Gasteiger partial charge in [0.2, 0.25) is 0 Å². The monoisotopic (exact) mass is 142 g/mol. The molecular weight excluding hydrogens is 133 g/mol. The molecule has 0 aliphatic carbocycles. The first-order chi connectivity index (χ1) is 3.06. The Morgan fingerprint density at radius 1 is 1.62 bits per heavy atom. The summed E-state index contributed by atoms with van der Waals surface area (Å²) in [5.74, 6) is 0. The van der Waals surface area contributed by atoms with E-state index in [0.29, 0.717) is 0 Å². The lowest BCUT2D eigenvalue weighted by Gasteiger charge is -2.27. The van der Waals surface area contributed by atoms with Crippen LogP contribution in [0.1, 0.15) is 6.92 Å². The van der Waals surface area contributed by atoms with Crippen LogP contribution in [0.15, 0.2) is 0 Å². The lowest BCUT2D eigenvalue weighted by molar-refractivity contribution is -0.341. The van der Waals surface area contributed by atoms with E-state index in [1.54, 1.807) is 0 Å². The summed E-state index contributed by atoms with van der Waals surface area (Å²) in [6, 6.07) is 0. The van der Waals surface area contributed by atoms with Crippen molar-refractivity contribution >= 4 is 7.82 Å². The molecular formula is C2H9NO4P-. The normalized spacial score (nSPS) is 10.4. The van der Waals surface area contributed by atoms with E-state index in [2.05, 4.69) is 4.52 Å². The number of hydrogen-bond donors (Lipinski definition) is 1. The Hall–Kier alpha value is 0.0700. The fourth-order valence-corrected chi connectivity index (χ4v) is 0.474. The van der Waals surface area contributed by atoms with Crippen molar-refractivity contribution in [3.8, 4) is 0 Å². The maximum absolute atomic E-state index is 9.48. The molecule has 5 nitrogen and oxygen atoms in total. The van der Waals surface area contributed by atoms with Gasteiger partial charge in [-0.2, -0.15) is 0 Å². The molecule has 4 N–H and O–H groups in total. The van der Waals surface area contributed by atoms with Crippen molar-refractivity contribution in [1.82, 2.24) is 6.15 Å². The zero-order chi connectivity index (χ0) is 5.91. The molecule has 0 unspecified atom stereocenters. The summed E-state index contributed by atoms with van der Waals surface area (Å²) in [5, 5.41) is 0. The van der Waals surface area contributed by atoms with Crippen LogP contribution in [0.5, 0.6) is 0 Å². The third-order valence-corrected chi connectivity index (χ3v) is 0.862. The van der Waals surface area contributed by atoms with Gasteiger partial charge in [0, 0.05) is 6.61 Å². The molecule has 0 heterocycles. The summed E-state index contributed by atoms with van der Waals surface area (Å²) in [6.07, 6.45) is 0. The lowest BCUT2D eigenvalue weighted by atomic mass is 10.9. The number of quaternary nitrogens is 1. The van der Waals surface area contributed by atoms with Crippen molar-refractivity contribution in [2.45, 2.75) is 6.92 Å². The third-order valence-electron chi connectivity index (χ3n) is 0.287. The standard InChI is InChI=1S/C2H7O4P.H3N/c1-2-6-7(3,4)5;/h2H2,1H3,(H2,3,4,5);1H3/p-1. The molecule has 0 aromatic carbocycles. The summed E-state index contributed by atoms with van der Waals surface area (Å²) in [5.41, 5.74) is 0. The fourth-order valence-electron chi connectivity index (χ4n) is 0.158. The molecule has 0 saturated carbocycles. The fraction of sp³-hybridized carbons (Fsp3) is 1.00. The first kappa shape index (κ1) is 10.9. The van der Waals surface area contributed by atoms with E-state index in [1.807, 2.05) is 0 Å². The highest BCUT2D eigenvalue weighted by molar-refractivity contribution is 7.43. The van der Waals surface area contributed by atoms with Crippen molar-refractivity contribution in [2.24, 2.45) is 0 Å². The van der Waals surface area contributed by atoms with E-state index in [-0.39, 0.29) is 12.8 Å². The summed E-state index contributed by atoms with van der Waals surface area (Å²) in [6.45, 7) is 1.35. The molecule has 0 rings (SSSR count). The molecule has 0 atom stereocenters. The SMILES string of the molecule is CCOP(=O)([O-])[O-].[NH4+]. The minimum absolute atomic E-state index is 0. The second-order valence-electron chi connectivity index (χ2n) is 0.865. The average Bonchev–Trinajstić information content (AvgIpc) is 1.30. The highest BCUT2D eigenvalue weighted by Crippen LogP contribution is 2.23. The van der Waals surface area contributed by atoms with Gasteiger partial charge in [-0.15, -0.1) is 0 Å². The average molecular weight is 142 g/mol. The zero-order valence-corrected chi connectivity index (χ0v) is 5.68.